The van der Waals surface area contributed by atoms with Gasteiger partial charge in [-0.1, -0.05) is 20.8 Å². The first kappa shape index (κ1) is 15.7. The van der Waals surface area contributed by atoms with Gasteiger partial charge in [0.05, 0.1) is 7.57 Å². The first-order valence-corrected chi connectivity index (χ1v) is 8.46. The van der Waals surface area contributed by atoms with Gasteiger partial charge in [0.15, 0.2) is 0 Å². The molecule has 0 spiro atoms. The van der Waals surface area contributed by atoms with Crippen LogP contribution in [0, 0.1) is 11.8 Å². The lowest BCUT2D eigenvalue weighted by molar-refractivity contribution is 0.366. The van der Waals surface area contributed by atoms with E-state index in [0.717, 1.165) is 11.8 Å². The van der Waals surface area contributed by atoms with Gasteiger partial charge < -0.3 is 5.32 Å². The van der Waals surface area contributed by atoms with E-state index in [1.54, 1.807) is 11.3 Å². The van der Waals surface area contributed by atoms with Crippen LogP contribution in [0.2, 0.25) is 0 Å². The Hall–Kier alpha value is 0.620. The molecule has 1 heterocycles. The van der Waals surface area contributed by atoms with Gasteiger partial charge in [-0.2, -0.15) is 0 Å². The standard InChI is InChI=1S/C13H21Br2NS/c1-8(2)5-9(3)6-11(16-4)10-7-12(14)17-13(10)15/h7-9,11,16H,5-6H2,1-4H3. The summed E-state index contributed by atoms with van der Waals surface area (Å²) in [6.07, 6.45) is 2.48. The molecule has 0 aromatic carbocycles. The van der Waals surface area contributed by atoms with Crippen LogP contribution in [0.25, 0.3) is 0 Å². The lowest BCUT2D eigenvalue weighted by atomic mass is 9.91. The molecule has 0 bridgehead atoms. The van der Waals surface area contributed by atoms with Crippen molar-refractivity contribution in [2.45, 2.75) is 39.7 Å². The van der Waals surface area contributed by atoms with E-state index in [4.69, 9.17) is 0 Å². The summed E-state index contributed by atoms with van der Waals surface area (Å²) < 4.78 is 2.43. The predicted octanol–water partition coefficient (Wildman–Crippen LogP) is 5.61. The van der Waals surface area contributed by atoms with Crippen molar-refractivity contribution >= 4 is 43.2 Å². The molecule has 0 radical (unpaired) electrons. The molecule has 1 rings (SSSR count). The van der Waals surface area contributed by atoms with Gasteiger partial charge in [0, 0.05) is 6.04 Å². The Morgan fingerprint density at radius 3 is 2.29 bits per heavy atom. The SMILES string of the molecule is CNC(CC(C)CC(C)C)c1cc(Br)sc1Br. The molecule has 0 saturated carbocycles. The molecule has 17 heavy (non-hydrogen) atoms. The van der Waals surface area contributed by atoms with Crippen molar-refractivity contribution in [2.75, 3.05) is 7.05 Å². The Kier molecular flexibility index (Phi) is 6.70. The van der Waals surface area contributed by atoms with Gasteiger partial charge in [0.25, 0.3) is 0 Å². The molecule has 0 aliphatic carbocycles. The van der Waals surface area contributed by atoms with Crippen molar-refractivity contribution in [1.82, 2.24) is 5.32 Å². The highest BCUT2D eigenvalue weighted by Crippen LogP contribution is 2.37. The summed E-state index contributed by atoms with van der Waals surface area (Å²) in [5, 5.41) is 3.43. The molecule has 1 aromatic rings. The predicted molar refractivity (Wildman–Crippen MR) is 84.8 cm³/mol. The summed E-state index contributed by atoms with van der Waals surface area (Å²) in [5.74, 6) is 1.53. The fourth-order valence-corrected chi connectivity index (χ4v) is 5.27. The first-order valence-electron chi connectivity index (χ1n) is 6.06. The second-order valence-electron chi connectivity index (χ2n) is 5.09. The number of rotatable bonds is 6. The Morgan fingerprint density at radius 2 is 1.88 bits per heavy atom. The topological polar surface area (TPSA) is 12.0 Å². The zero-order valence-corrected chi connectivity index (χ0v) is 14.9. The molecule has 1 nitrogen and oxygen atoms in total. The van der Waals surface area contributed by atoms with E-state index in [1.165, 1.54) is 26.0 Å². The molecule has 4 heteroatoms. The van der Waals surface area contributed by atoms with Gasteiger partial charge in [0.2, 0.25) is 0 Å². The third kappa shape index (κ3) is 5.01. The third-order valence-corrected chi connectivity index (χ3v) is 5.30. The highest BCUT2D eigenvalue weighted by molar-refractivity contribution is 9.12. The maximum Gasteiger partial charge on any atom is 0.0758 e. The van der Waals surface area contributed by atoms with Gasteiger partial charge in [0.1, 0.15) is 0 Å². The van der Waals surface area contributed by atoms with Crippen LogP contribution in [-0.4, -0.2) is 7.05 Å². The molecule has 98 valence electrons. The number of nitrogens with one attached hydrogen (secondary N) is 1. The molecule has 0 amide bonds. The number of thiophene rings is 1. The summed E-state index contributed by atoms with van der Waals surface area (Å²) in [6, 6.07) is 2.67. The van der Waals surface area contributed by atoms with Crippen LogP contribution in [0.1, 0.15) is 45.2 Å². The molecule has 1 aromatic heterocycles. The van der Waals surface area contributed by atoms with Crippen LogP contribution < -0.4 is 5.32 Å². The number of hydrogen-bond donors (Lipinski definition) is 1. The van der Waals surface area contributed by atoms with Crippen molar-refractivity contribution in [3.63, 3.8) is 0 Å². The van der Waals surface area contributed by atoms with E-state index in [-0.39, 0.29) is 0 Å². The lowest BCUT2D eigenvalue weighted by Crippen LogP contribution is -2.19. The second-order valence-corrected chi connectivity index (χ2v) is 8.84. The normalized spacial score (nSPS) is 15.2. The van der Waals surface area contributed by atoms with Crippen molar-refractivity contribution in [3.05, 3.63) is 19.2 Å². The Labute approximate surface area is 126 Å². The highest BCUT2D eigenvalue weighted by atomic mass is 79.9. The van der Waals surface area contributed by atoms with Crippen LogP contribution in [0.15, 0.2) is 13.6 Å². The van der Waals surface area contributed by atoms with Crippen molar-refractivity contribution in [2.24, 2.45) is 11.8 Å². The fraction of sp³-hybridized carbons (Fsp3) is 0.692. The van der Waals surface area contributed by atoms with Crippen LogP contribution in [-0.2, 0) is 0 Å². The average Bonchev–Trinajstić information content (AvgIpc) is 2.53. The van der Waals surface area contributed by atoms with E-state index >= 15 is 0 Å². The van der Waals surface area contributed by atoms with Crippen molar-refractivity contribution in [3.8, 4) is 0 Å². The third-order valence-electron chi connectivity index (χ3n) is 2.92. The van der Waals surface area contributed by atoms with E-state index in [2.05, 4.69) is 64.0 Å². The summed E-state index contributed by atoms with van der Waals surface area (Å²) in [6.45, 7) is 6.93. The molecule has 0 saturated heterocycles. The molecule has 2 atom stereocenters. The molecular formula is C13H21Br2NS. The van der Waals surface area contributed by atoms with E-state index in [1.807, 2.05) is 7.05 Å². The van der Waals surface area contributed by atoms with E-state index < -0.39 is 0 Å². The Morgan fingerprint density at radius 1 is 1.24 bits per heavy atom. The summed E-state index contributed by atoms with van der Waals surface area (Å²) in [4.78, 5) is 0. The van der Waals surface area contributed by atoms with Crippen molar-refractivity contribution < 1.29 is 0 Å². The average molecular weight is 383 g/mol. The Bertz CT molecular complexity index is 349. The monoisotopic (exact) mass is 381 g/mol. The molecule has 2 unspecified atom stereocenters. The number of halogens is 2. The fourth-order valence-electron chi connectivity index (χ4n) is 2.29. The lowest BCUT2D eigenvalue weighted by Gasteiger charge is -2.21. The zero-order valence-electron chi connectivity index (χ0n) is 10.9. The number of hydrogen-bond acceptors (Lipinski definition) is 2. The van der Waals surface area contributed by atoms with Crippen LogP contribution >= 0.6 is 43.2 Å². The Balaban J connectivity index is 2.68. The molecule has 1 N–H and O–H groups in total. The minimum absolute atomic E-state index is 0.445. The van der Waals surface area contributed by atoms with Crippen LogP contribution in [0.4, 0.5) is 0 Å². The van der Waals surface area contributed by atoms with Gasteiger partial charge in [-0.25, -0.2) is 0 Å². The van der Waals surface area contributed by atoms with Gasteiger partial charge in [-0.3, -0.25) is 0 Å². The minimum atomic E-state index is 0.445. The van der Waals surface area contributed by atoms with Crippen molar-refractivity contribution in [1.29, 1.82) is 0 Å². The molecule has 0 aliphatic heterocycles. The molecular weight excluding hydrogens is 362 g/mol. The summed E-state index contributed by atoms with van der Waals surface area (Å²) >= 11 is 8.94. The van der Waals surface area contributed by atoms with Gasteiger partial charge >= 0.3 is 0 Å². The minimum Gasteiger partial charge on any atom is -0.313 e. The van der Waals surface area contributed by atoms with E-state index in [0.29, 0.717) is 6.04 Å². The largest absolute Gasteiger partial charge is 0.313 e. The first-order chi connectivity index (χ1) is 7.93. The maximum atomic E-state index is 3.65. The quantitative estimate of drug-likeness (QED) is 0.674. The summed E-state index contributed by atoms with van der Waals surface area (Å²) in [7, 11) is 2.05. The maximum absolute atomic E-state index is 3.65. The zero-order chi connectivity index (χ0) is 13.0. The van der Waals surface area contributed by atoms with Crippen LogP contribution in [0.5, 0.6) is 0 Å². The smallest absolute Gasteiger partial charge is 0.0758 e. The molecule has 0 aliphatic rings. The van der Waals surface area contributed by atoms with Gasteiger partial charge in [-0.05, 0) is 75.2 Å². The second kappa shape index (κ2) is 7.27. The van der Waals surface area contributed by atoms with Crippen LogP contribution in [0.3, 0.4) is 0 Å². The molecule has 0 fully saturated rings. The van der Waals surface area contributed by atoms with Gasteiger partial charge in [-0.15, -0.1) is 11.3 Å². The highest BCUT2D eigenvalue weighted by Gasteiger charge is 2.18. The summed E-state index contributed by atoms with van der Waals surface area (Å²) in [5.41, 5.74) is 1.37. The van der Waals surface area contributed by atoms with E-state index in [9.17, 15) is 0 Å².